The summed E-state index contributed by atoms with van der Waals surface area (Å²) in [6, 6.07) is 8.60. The van der Waals surface area contributed by atoms with Crippen molar-refractivity contribution >= 4 is 16.8 Å². The summed E-state index contributed by atoms with van der Waals surface area (Å²) in [4.78, 5) is 14.0. The maximum Gasteiger partial charge on any atom is 0.412 e. The van der Waals surface area contributed by atoms with Gasteiger partial charge in [-0.1, -0.05) is 42.5 Å². The molecule has 5 nitrogen and oxygen atoms in total. The zero-order valence-electron chi connectivity index (χ0n) is 15.0. The first kappa shape index (κ1) is 19.0. The molecule has 150 valence electrons. The predicted octanol–water partition coefficient (Wildman–Crippen LogP) is 3.09. The van der Waals surface area contributed by atoms with Gasteiger partial charge < -0.3 is 20.1 Å². The van der Waals surface area contributed by atoms with Gasteiger partial charge in [-0.25, -0.2) is 4.79 Å². The molecule has 2 saturated heterocycles. The zero-order valence-corrected chi connectivity index (χ0v) is 15.0. The topological polar surface area (TPSA) is 61.8 Å². The lowest BCUT2D eigenvalue weighted by atomic mass is 9.94. The predicted molar refractivity (Wildman–Crippen MR) is 96.7 cm³/mol. The number of urea groups is 1. The number of nitrogens with one attached hydrogen (secondary N) is 1. The fourth-order valence-corrected chi connectivity index (χ4v) is 4.21. The number of aliphatic hydroxyl groups is 1. The van der Waals surface area contributed by atoms with Crippen LogP contribution >= 0.6 is 0 Å². The molecule has 0 spiro atoms. The van der Waals surface area contributed by atoms with E-state index in [1.807, 2.05) is 0 Å². The summed E-state index contributed by atoms with van der Waals surface area (Å²) >= 11 is 0. The second-order valence-corrected chi connectivity index (χ2v) is 7.38. The fourth-order valence-electron chi connectivity index (χ4n) is 4.21. The molecule has 8 heteroatoms. The summed E-state index contributed by atoms with van der Waals surface area (Å²) in [6.07, 6.45) is -4.87. The molecular weight excluding hydrogens is 373 g/mol. The van der Waals surface area contributed by atoms with Gasteiger partial charge in [0.1, 0.15) is 0 Å². The molecule has 4 rings (SSSR count). The summed E-state index contributed by atoms with van der Waals surface area (Å²) in [7, 11) is 0. The smallest absolute Gasteiger partial charge is 0.396 e. The van der Waals surface area contributed by atoms with Gasteiger partial charge in [-0.3, -0.25) is 0 Å². The largest absolute Gasteiger partial charge is 0.412 e. The molecule has 1 unspecified atom stereocenters. The van der Waals surface area contributed by atoms with Gasteiger partial charge in [0.15, 0.2) is 6.04 Å². The minimum Gasteiger partial charge on any atom is -0.396 e. The van der Waals surface area contributed by atoms with Crippen LogP contribution in [-0.4, -0.2) is 54.6 Å². The number of rotatable bonds is 3. The van der Waals surface area contributed by atoms with Gasteiger partial charge in [0.2, 0.25) is 0 Å². The SMILES string of the molecule is O=C(NC(c1cccc2ccccc12)C(F)(F)F)N1C[C@@H]2[C@H](CO)CO[C@@H]2C1. The molecule has 0 saturated carbocycles. The van der Waals surface area contributed by atoms with E-state index in [0.29, 0.717) is 17.4 Å². The van der Waals surface area contributed by atoms with Crippen LogP contribution in [0.2, 0.25) is 0 Å². The van der Waals surface area contributed by atoms with Crippen LogP contribution in [0, 0.1) is 11.8 Å². The van der Waals surface area contributed by atoms with E-state index >= 15 is 0 Å². The highest BCUT2D eigenvalue weighted by molar-refractivity contribution is 5.87. The van der Waals surface area contributed by atoms with E-state index in [0.717, 1.165) is 0 Å². The Hall–Kier alpha value is -2.32. The zero-order chi connectivity index (χ0) is 19.9. The van der Waals surface area contributed by atoms with Crippen LogP contribution in [-0.2, 0) is 4.74 Å². The number of nitrogens with zero attached hydrogens (tertiary/aromatic N) is 1. The number of alkyl halides is 3. The van der Waals surface area contributed by atoms with E-state index in [1.165, 1.54) is 11.0 Å². The number of carbonyl (C=O) groups is 1. The van der Waals surface area contributed by atoms with Crippen molar-refractivity contribution in [1.82, 2.24) is 10.2 Å². The molecular formula is C20H21F3N2O3. The maximum atomic E-state index is 13.8. The van der Waals surface area contributed by atoms with Gasteiger partial charge in [0.05, 0.1) is 12.7 Å². The van der Waals surface area contributed by atoms with E-state index in [-0.39, 0.29) is 43.2 Å². The van der Waals surface area contributed by atoms with Crippen molar-refractivity contribution in [1.29, 1.82) is 0 Å². The molecule has 0 radical (unpaired) electrons. The lowest BCUT2D eigenvalue weighted by Gasteiger charge is -2.27. The molecule has 2 aromatic carbocycles. The van der Waals surface area contributed by atoms with Crippen molar-refractivity contribution in [3.05, 3.63) is 48.0 Å². The highest BCUT2D eigenvalue weighted by Gasteiger charge is 2.47. The number of hydrogen-bond acceptors (Lipinski definition) is 3. The number of carbonyl (C=O) groups excluding carboxylic acids is 1. The van der Waals surface area contributed by atoms with Crippen LogP contribution in [0.15, 0.2) is 42.5 Å². The normalized spacial score (nSPS) is 25.7. The van der Waals surface area contributed by atoms with E-state index in [2.05, 4.69) is 5.32 Å². The van der Waals surface area contributed by atoms with E-state index in [9.17, 15) is 23.1 Å². The van der Waals surface area contributed by atoms with Gasteiger partial charge in [-0.05, 0) is 16.3 Å². The van der Waals surface area contributed by atoms with Crippen LogP contribution in [0.5, 0.6) is 0 Å². The molecule has 2 aliphatic heterocycles. The number of likely N-dealkylation sites (tertiary alicyclic amines) is 1. The molecule has 2 aliphatic rings. The average Bonchev–Trinajstić information content (AvgIpc) is 3.25. The number of hydrogen-bond donors (Lipinski definition) is 2. The van der Waals surface area contributed by atoms with Crippen LogP contribution in [0.4, 0.5) is 18.0 Å². The van der Waals surface area contributed by atoms with Gasteiger partial charge in [0, 0.05) is 31.5 Å². The van der Waals surface area contributed by atoms with Crippen LogP contribution in [0.1, 0.15) is 11.6 Å². The Labute approximate surface area is 160 Å². The molecule has 0 aliphatic carbocycles. The quantitative estimate of drug-likeness (QED) is 0.841. The number of benzene rings is 2. The van der Waals surface area contributed by atoms with Crippen molar-refractivity contribution in [3.63, 3.8) is 0 Å². The number of fused-ring (bicyclic) bond motifs is 2. The molecule has 0 aromatic heterocycles. The number of aliphatic hydroxyl groups excluding tert-OH is 1. The Morgan fingerprint density at radius 2 is 1.96 bits per heavy atom. The monoisotopic (exact) mass is 394 g/mol. The minimum absolute atomic E-state index is 0.0165. The van der Waals surface area contributed by atoms with E-state index < -0.39 is 18.2 Å². The van der Waals surface area contributed by atoms with Gasteiger partial charge in [-0.15, -0.1) is 0 Å². The Kier molecular flexibility index (Phi) is 4.93. The first-order valence-electron chi connectivity index (χ1n) is 9.20. The number of ether oxygens (including phenoxy) is 1. The van der Waals surface area contributed by atoms with Crippen molar-refractivity contribution < 1.29 is 27.8 Å². The number of halogens is 3. The molecule has 2 fully saturated rings. The second-order valence-electron chi connectivity index (χ2n) is 7.38. The third-order valence-electron chi connectivity index (χ3n) is 5.69. The van der Waals surface area contributed by atoms with Gasteiger partial charge in [-0.2, -0.15) is 13.2 Å². The van der Waals surface area contributed by atoms with Crippen LogP contribution in [0.3, 0.4) is 0 Å². The average molecular weight is 394 g/mol. The van der Waals surface area contributed by atoms with Crippen molar-refractivity contribution in [2.24, 2.45) is 11.8 Å². The summed E-state index contributed by atoms with van der Waals surface area (Å²) in [5.74, 6) is -0.128. The fraction of sp³-hybridized carbons (Fsp3) is 0.450. The van der Waals surface area contributed by atoms with Crippen molar-refractivity contribution in [2.45, 2.75) is 18.3 Å². The van der Waals surface area contributed by atoms with Gasteiger partial charge >= 0.3 is 12.2 Å². The molecule has 2 heterocycles. The molecule has 2 aromatic rings. The van der Waals surface area contributed by atoms with Gasteiger partial charge in [0.25, 0.3) is 0 Å². The maximum absolute atomic E-state index is 13.8. The summed E-state index contributed by atoms with van der Waals surface area (Å²) in [6.45, 7) is 0.870. The highest BCUT2D eigenvalue weighted by atomic mass is 19.4. The number of amides is 2. The molecule has 2 amide bonds. The minimum atomic E-state index is -4.64. The molecule has 4 atom stereocenters. The first-order valence-corrected chi connectivity index (χ1v) is 9.20. The first-order chi connectivity index (χ1) is 13.4. The van der Waals surface area contributed by atoms with Crippen LogP contribution in [0.25, 0.3) is 10.8 Å². The Morgan fingerprint density at radius 3 is 2.71 bits per heavy atom. The third kappa shape index (κ3) is 3.42. The Balaban J connectivity index is 1.57. The Morgan fingerprint density at radius 1 is 1.21 bits per heavy atom. The van der Waals surface area contributed by atoms with Crippen LogP contribution < -0.4 is 5.32 Å². The second kappa shape index (κ2) is 7.25. The standard InChI is InChI=1S/C20H21F3N2O3/c21-20(22,23)18(15-7-3-5-12-4-1-2-6-14(12)15)24-19(27)25-8-16-13(10-26)11-28-17(16)9-25/h1-7,13,16-18,26H,8-11H2,(H,24,27)/t13-,16-,17-,18?/m1/s1. The lowest BCUT2D eigenvalue weighted by molar-refractivity contribution is -0.155. The summed E-state index contributed by atoms with van der Waals surface area (Å²) < 4.78 is 47.1. The third-order valence-corrected chi connectivity index (χ3v) is 5.69. The lowest BCUT2D eigenvalue weighted by Crippen LogP contribution is -2.45. The summed E-state index contributed by atoms with van der Waals surface area (Å²) in [5, 5.41) is 12.7. The summed E-state index contributed by atoms with van der Waals surface area (Å²) in [5.41, 5.74) is 0.0165. The molecule has 2 N–H and O–H groups in total. The van der Waals surface area contributed by atoms with E-state index in [4.69, 9.17) is 4.74 Å². The van der Waals surface area contributed by atoms with Crippen molar-refractivity contribution in [2.75, 3.05) is 26.3 Å². The molecule has 28 heavy (non-hydrogen) atoms. The van der Waals surface area contributed by atoms with E-state index in [1.54, 1.807) is 36.4 Å². The highest BCUT2D eigenvalue weighted by Crippen LogP contribution is 2.37. The Bertz CT molecular complexity index is 868. The van der Waals surface area contributed by atoms with Crippen molar-refractivity contribution in [3.8, 4) is 0 Å². The molecule has 0 bridgehead atoms.